The lowest BCUT2D eigenvalue weighted by Gasteiger charge is -2.19. The Hall–Kier alpha value is -3.10. The number of benzene rings is 1. The molecule has 0 bridgehead atoms. The number of urea groups is 1. The fourth-order valence-electron chi connectivity index (χ4n) is 2.11. The molecule has 9 nitrogen and oxygen atoms in total. The molecule has 0 saturated carbocycles. The number of nitrogens with zero attached hydrogens (tertiary/aromatic N) is 1. The van der Waals surface area contributed by atoms with E-state index in [9.17, 15) is 19.2 Å². The Morgan fingerprint density at radius 2 is 1.85 bits per heavy atom. The number of carbonyl (C=O) groups is 4. The lowest BCUT2D eigenvalue weighted by Crippen LogP contribution is -2.37. The summed E-state index contributed by atoms with van der Waals surface area (Å²) in [4.78, 5) is 47.8. The van der Waals surface area contributed by atoms with E-state index < -0.39 is 36.2 Å². The first-order chi connectivity index (χ1) is 12.2. The average Bonchev–Trinajstić information content (AvgIpc) is 2.97. The van der Waals surface area contributed by atoms with E-state index in [-0.39, 0.29) is 12.1 Å². The minimum absolute atomic E-state index is 0.207. The summed E-state index contributed by atoms with van der Waals surface area (Å²) < 4.78 is 10.0. The van der Waals surface area contributed by atoms with Crippen LogP contribution in [0.4, 0.5) is 15.3 Å². The molecule has 1 saturated heterocycles. The highest BCUT2D eigenvalue weighted by atomic mass is 16.6. The molecule has 140 valence electrons. The van der Waals surface area contributed by atoms with Crippen molar-refractivity contribution in [1.82, 2.24) is 10.2 Å². The number of nitrogens with one attached hydrogen (secondary N) is 2. The van der Waals surface area contributed by atoms with E-state index in [1.54, 1.807) is 20.8 Å². The van der Waals surface area contributed by atoms with E-state index in [4.69, 9.17) is 9.47 Å². The molecule has 1 aromatic carbocycles. The number of carbonyl (C=O) groups excluding carboxylic acids is 4. The lowest BCUT2D eigenvalue weighted by molar-refractivity contribution is -0.130. The van der Waals surface area contributed by atoms with Crippen LogP contribution in [0.2, 0.25) is 0 Å². The van der Waals surface area contributed by atoms with Crippen LogP contribution in [0.3, 0.4) is 0 Å². The zero-order chi connectivity index (χ0) is 19.3. The zero-order valence-corrected chi connectivity index (χ0v) is 14.8. The van der Waals surface area contributed by atoms with Crippen LogP contribution in [0.1, 0.15) is 31.1 Å². The molecule has 1 aliphatic rings. The Bertz CT molecular complexity index is 708. The predicted octanol–water partition coefficient (Wildman–Crippen LogP) is 1.74. The number of imide groups is 1. The van der Waals surface area contributed by atoms with Gasteiger partial charge in [0, 0.05) is 18.8 Å². The number of rotatable bonds is 4. The van der Waals surface area contributed by atoms with Gasteiger partial charge < -0.3 is 14.8 Å². The van der Waals surface area contributed by atoms with Crippen LogP contribution in [-0.4, -0.2) is 54.2 Å². The first kappa shape index (κ1) is 19.2. The second kappa shape index (κ2) is 7.85. The summed E-state index contributed by atoms with van der Waals surface area (Å²) in [6.45, 7) is 5.35. The minimum atomic E-state index is -0.707. The van der Waals surface area contributed by atoms with Crippen LogP contribution in [-0.2, 0) is 14.3 Å². The number of hydrogen-bond acceptors (Lipinski definition) is 6. The normalized spacial score (nSPS) is 13.8. The minimum Gasteiger partial charge on any atom is -0.452 e. The van der Waals surface area contributed by atoms with Crippen molar-refractivity contribution in [3.63, 3.8) is 0 Å². The maximum absolute atomic E-state index is 12.0. The van der Waals surface area contributed by atoms with E-state index >= 15 is 0 Å². The van der Waals surface area contributed by atoms with Gasteiger partial charge in [-0.05, 0) is 45.0 Å². The highest BCUT2D eigenvalue weighted by molar-refractivity contribution is 5.98. The SMILES string of the molecule is CC(C)(C)OC(=O)Nc1ccc(C(=O)OCC(=O)N2CCNC2=O)cc1. The van der Waals surface area contributed by atoms with Crippen molar-refractivity contribution in [2.24, 2.45) is 0 Å². The molecular formula is C17H21N3O6. The highest BCUT2D eigenvalue weighted by Gasteiger charge is 2.26. The van der Waals surface area contributed by atoms with Gasteiger partial charge in [0.15, 0.2) is 6.61 Å². The van der Waals surface area contributed by atoms with Crippen LogP contribution in [0.5, 0.6) is 0 Å². The van der Waals surface area contributed by atoms with Gasteiger partial charge in [-0.3, -0.25) is 15.0 Å². The monoisotopic (exact) mass is 363 g/mol. The van der Waals surface area contributed by atoms with Gasteiger partial charge in [-0.2, -0.15) is 0 Å². The first-order valence-electron chi connectivity index (χ1n) is 8.01. The van der Waals surface area contributed by atoms with Crippen LogP contribution < -0.4 is 10.6 Å². The van der Waals surface area contributed by atoms with E-state index in [1.807, 2.05) is 0 Å². The van der Waals surface area contributed by atoms with Gasteiger partial charge in [-0.1, -0.05) is 0 Å². The zero-order valence-electron chi connectivity index (χ0n) is 14.8. The third kappa shape index (κ3) is 5.47. The van der Waals surface area contributed by atoms with Crippen LogP contribution in [0.25, 0.3) is 0 Å². The van der Waals surface area contributed by atoms with E-state index in [2.05, 4.69) is 10.6 Å². The van der Waals surface area contributed by atoms with Crippen molar-refractivity contribution in [2.75, 3.05) is 25.0 Å². The maximum atomic E-state index is 12.0. The van der Waals surface area contributed by atoms with Gasteiger partial charge in [0.2, 0.25) is 0 Å². The van der Waals surface area contributed by atoms with Crippen LogP contribution in [0.15, 0.2) is 24.3 Å². The summed E-state index contributed by atoms with van der Waals surface area (Å²) >= 11 is 0. The van der Waals surface area contributed by atoms with Crippen LogP contribution in [0, 0.1) is 0 Å². The lowest BCUT2D eigenvalue weighted by atomic mass is 10.2. The summed E-state index contributed by atoms with van der Waals surface area (Å²) in [5.74, 6) is -1.29. The number of esters is 1. The Labute approximate surface area is 150 Å². The third-order valence-corrected chi connectivity index (χ3v) is 3.25. The summed E-state index contributed by atoms with van der Waals surface area (Å²) in [6.07, 6.45) is -0.609. The number of hydrogen-bond donors (Lipinski definition) is 2. The number of anilines is 1. The largest absolute Gasteiger partial charge is 0.452 e. The first-order valence-corrected chi connectivity index (χ1v) is 8.01. The molecule has 0 unspecified atom stereocenters. The Balaban J connectivity index is 1.85. The molecule has 1 fully saturated rings. The Morgan fingerprint density at radius 1 is 1.19 bits per heavy atom. The number of ether oxygens (including phenoxy) is 2. The molecule has 26 heavy (non-hydrogen) atoms. The van der Waals surface area contributed by atoms with E-state index in [0.717, 1.165) is 4.90 Å². The van der Waals surface area contributed by atoms with Crippen molar-refractivity contribution < 1.29 is 28.7 Å². The Kier molecular flexibility index (Phi) is 5.81. The topological polar surface area (TPSA) is 114 Å². The highest BCUT2D eigenvalue weighted by Crippen LogP contribution is 2.13. The van der Waals surface area contributed by atoms with Gasteiger partial charge in [-0.25, -0.2) is 14.4 Å². The summed E-state index contributed by atoms with van der Waals surface area (Å²) in [5, 5.41) is 5.02. The Morgan fingerprint density at radius 3 is 2.38 bits per heavy atom. The molecule has 1 heterocycles. The molecular weight excluding hydrogens is 342 g/mol. The van der Waals surface area contributed by atoms with Crippen molar-refractivity contribution in [2.45, 2.75) is 26.4 Å². The molecule has 2 rings (SSSR count). The second-order valence-corrected chi connectivity index (χ2v) is 6.56. The van der Waals surface area contributed by atoms with Crippen molar-refractivity contribution in [3.8, 4) is 0 Å². The maximum Gasteiger partial charge on any atom is 0.412 e. The predicted molar refractivity (Wildman–Crippen MR) is 91.7 cm³/mol. The summed E-state index contributed by atoms with van der Waals surface area (Å²) in [5.41, 5.74) is 0.0334. The smallest absolute Gasteiger partial charge is 0.412 e. The van der Waals surface area contributed by atoms with Gasteiger partial charge in [0.05, 0.1) is 5.56 Å². The molecule has 1 aromatic rings. The summed E-state index contributed by atoms with van der Waals surface area (Å²) in [7, 11) is 0. The molecule has 2 N–H and O–H groups in total. The molecule has 0 radical (unpaired) electrons. The second-order valence-electron chi connectivity index (χ2n) is 6.56. The van der Waals surface area contributed by atoms with E-state index in [1.165, 1.54) is 24.3 Å². The van der Waals surface area contributed by atoms with Gasteiger partial charge in [0.1, 0.15) is 5.60 Å². The average molecular weight is 363 g/mol. The fourth-order valence-corrected chi connectivity index (χ4v) is 2.11. The van der Waals surface area contributed by atoms with Crippen molar-refractivity contribution in [3.05, 3.63) is 29.8 Å². The molecule has 4 amide bonds. The van der Waals surface area contributed by atoms with Gasteiger partial charge in [0.25, 0.3) is 5.91 Å². The molecule has 0 spiro atoms. The molecule has 1 aliphatic heterocycles. The van der Waals surface area contributed by atoms with Crippen LogP contribution >= 0.6 is 0 Å². The number of amides is 4. The molecule has 0 atom stereocenters. The van der Waals surface area contributed by atoms with Gasteiger partial charge in [-0.15, -0.1) is 0 Å². The standard InChI is InChI=1S/C17H21N3O6/c1-17(2,3)26-16(24)19-12-6-4-11(5-7-12)14(22)25-10-13(21)20-9-8-18-15(20)23/h4-7H,8-10H2,1-3H3,(H,18,23)(H,19,24). The van der Waals surface area contributed by atoms with Gasteiger partial charge >= 0.3 is 18.1 Å². The summed E-state index contributed by atoms with van der Waals surface area (Å²) in [6, 6.07) is 5.42. The van der Waals surface area contributed by atoms with Crippen molar-refractivity contribution >= 4 is 29.7 Å². The molecule has 9 heteroatoms. The fraction of sp³-hybridized carbons (Fsp3) is 0.412. The quantitative estimate of drug-likeness (QED) is 0.788. The van der Waals surface area contributed by atoms with E-state index in [0.29, 0.717) is 12.2 Å². The van der Waals surface area contributed by atoms with Crippen molar-refractivity contribution in [1.29, 1.82) is 0 Å². The molecule has 0 aromatic heterocycles. The molecule has 0 aliphatic carbocycles. The third-order valence-electron chi connectivity index (χ3n) is 3.25.